The fourth-order valence-electron chi connectivity index (χ4n) is 3.57. The molecule has 1 aromatic carbocycles. The molecule has 1 fully saturated rings. The Morgan fingerprint density at radius 1 is 1.19 bits per heavy atom. The number of hydrogen-bond acceptors (Lipinski definition) is 4. The number of benzene rings is 1. The molecule has 0 radical (unpaired) electrons. The standard InChI is InChI=1S/C20H28N4O2/c1-15(2)23-13-10-17(11-14-23)24-18(9-12-21-24)22-20(25)19(26-3)16-7-5-4-6-8-16/h4-9,12,15,17,19H,10-11,13-14H2,1-3H3,(H,22,25). The second-order valence-corrected chi connectivity index (χ2v) is 7.04. The number of hydrogen-bond donors (Lipinski definition) is 1. The van der Waals surface area contributed by atoms with Crippen LogP contribution in [-0.2, 0) is 9.53 Å². The van der Waals surface area contributed by atoms with Gasteiger partial charge in [-0.3, -0.25) is 4.79 Å². The largest absolute Gasteiger partial charge is 0.367 e. The van der Waals surface area contributed by atoms with Gasteiger partial charge in [0, 0.05) is 32.3 Å². The summed E-state index contributed by atoms with van der Waals surface area (Å²) in [7, 11) is 1.55. The lowest BCUT2D eigenvalue weighted by Crippen LogP contribution is -2.39. The number of carbonyl (C=O) groups excluding carboxylic acids is 1. The Kier molecular flexibility index (Phi) is 6.06. The molecule has 1 amide bonds. The lowest BCUT2D eigenvalue weighted by atomic mass is 10.0. The maximum Gasteiger partial charge on any atom is 0.259 e. The maximum atomic E-state index is 12.7. The lowest BCUT2D eigenvalue weighted by molar-refractivity contribution is -0.126. The second kappa shape index (κ2) is 8.47. The van der Waals surface area contributed by atoms with Crippen LogP contribution in [-0.4, -0.2) is 46.8 Å². The number of rotatable bonds is 6. The van der Waals surface area contributed by atoms with Gasteiger partial charge >= 0.3 is 0 Å². The van der Waals surface area contributed by atoms with Gasteiger partial charge in [0.15, 0.2) is 6.10 Å². The summed E-state index contributed by atoms with van der Waals surface area (Å²) in [4.78, 5) is 15.2. The first kappa shape index (κ1) is 18.6. The van der Waals surface area contributed by atoms with Gasteiger partial charge in [-0.25, -0.2) is 4.68 Å². The predicted octanol–water partition coefficient (Wildman–Crippen LogP) is 3.25. The first-order valence-corrected chi connectivity index (χ1v) is 9.26. The third kappa shape index (κ3) is 4.14. The minimum absolute atomic E-state index is 0.180. The van der Waals surface area contributed by atoms with E-state index >= 15 is 0 Å². The fourth-order valence-corrected chi connectivity index (χ4v) is 3.57. The van der Waals surface area contributed by atoms with Crippen molar-refractivity contribution in [1.29, 1.82) is 0 Å². The number of likely N-dealkylation sites (tertiary alicyclic amines) is 1. The van der Waals surface area contributed by atoms with Crippen molar-refractivity contribution in [2.45, 2.75) is 44.9 Å². The Morgan fingerprint density at radius 2 is 1.88 bits per heavy atom. The minimum Gasteiger partial charge on any atom is -0.367 e. The molecule has 1 unspecified atom stereocenters. The summed E-state index contributed by atoms with van der Waals surface area (Å²) < 4.78 is 7.38. The number of methoxy groups -OCH3 is 1. The number of ether oxygens (including phenoxy) is 1. The third-order valence-corrected chi connectivity index (χ3v) is 5.07. The van der Waals surface area contributed by atoms with Crippen LogP contribution in [0.4, 0.5) is 5.82 Å². The highest BCUT2D eigenvalue weighted by Crippen LogP contribution is 2.27. The molecule has 0 bridgehead atoms. The molecule has 3 rings (SSSR count). The first-order valence-electron chi connectivity index (χ1n) is 9.26. The number of anilines is 1. The molecule has 1 aliphatic heterocycles. The van der Waals surface area contributed by atoms with E-state index in [9.17, 15) is 4.79 Å². The number of piperidine rings is 1. The molecule has 1 saturated heterocycles. The summed E-state index contributed by atoms with van der Waals surface area (Å²) in [5.41, 5.74) is 0.837. The van der Waals surface area contributed by atoms with E-state index in [0.717, 1.165) is 37.3 Å². The maximum absolute atomic E-state index is 12.7. The average Bonchev–Trinajstić information content (AvgIpc) is 3.11. The van der Waals surface area contributed by atoms with Crippen molar-refractivity contribution in [3.8, 4) is 0 Å². The van der Waals surface area contributed by atoms with Gasteiger partial charge in [-0.2, -0.15) is 5.10 Å². The highest BCUT2D eigenvalue weighted by Gasteiger charge is 2.26. The molecule has 6 heteroatoms. The van der Waals surface area contributed by atoms with Crippen molar-refractivity contribution in [3.63, 3.8) is 0 Å². The van der Waals surface area contributed by atoms with Crippen molar-refractivity contribution in [2.75, 3.05) is 25.5 Å². The average molecular weight is 356 g/mol. The van der Waals surface area contributed by atoms with E-state index in [1.807, 2.05) is 41.1 Å². The van der Waals surface area contributed by atoms with Gasteiger partial charge in [-0.15, -0.1) is 0 Å². The van der Waals surface area contributed by atoms with Crippen molar-refractivity contribution in [2.24, 2.45) is 0 Å². The molecule has 2 aromatic rings. The van der Waals surface area contributed by atoms with E-state index in [-0.39, 0.29) is 5.91 Å². The fraction of sp³-hybridized carbons (Fsp3) is 0.500. The molecular formula is C20H28N4O2. The van der Waals surface area contributed by atoms with Crippen molar-refractivity contribution in [1.82, 2.24) is 14.7 Å². The van der Waals surface area contributed by atoms with E-state index < -0.39 is 6.10 Å². The summed E-state index contributed by atoms with van der Waals surface area (Å²) in [5.74, 6) is 0.552. The molecule has 6 nitrogen and oxygen atoms in total. The summed E-state index contributed by atoms with van der Waals surface area (Å²) in [6, 6.07) is 12.3. The SMILES string of the molecule is COC(C(=O)Nc1ccnn1C1CCN(C(C)C)CC1)c1ccccc1. The van der Waals surface area contributed by atoms with Crippen LogP contribution < -0.4 is 5.32 Å². The molecule has 1 aromatic heterocycles. The summed E-state index contributed by atoms with van der Waals surface area (Å²) in [5, 5.41) is 7.46. The molecule has 26 heavy (non-hydrogen) atoms. The number of aromatic nitrogens is 2. The van der Waals surface area contributed by atoms with E-state index in [4.69, 9.17) is 4.74 Å². The molecule has 0 saturated carbocycles. The van der Waals surface area contributed by atoms with Gasteiger partial charge < -0.3 is 15.0 Å². The summed E-state index contributed by atoms with van der Waals surface area (Å²) >= 11 is 0. The van der Waals surface area contributed by atoms with E-state index in [1.165, 1.54) is 0 Å². The molecule has 1 aliphatic rings. The molecule has 0 aliphatic carbocycles. The Labute approximate surface area is 155 Å². The highest BCUT2D eigenvalue weighted by molar-refractivity contribution is 5.94. The third-order valence-electron chi connectivity index (χ3n) is 5.07. The van der Waals surface area contributed by atoms with Gasteiger partial charge in [0.2, 0.25) is 0 Å². The van der Waals surface area contributed by atoms with Crippen molar-refractivity contribution >= 4 is 11.7 Å². The Morgan fingerprint density at radius 3 is 2.50 bits per heavy atom. The van der Waals surface area contributed by atoms with Crippen LogP contribution in [0.1, 0.15) is 44.4 Å². The van der Waals surface area contributed by atoms with Crippen molar-refractivity contribution < 1.29 is 9.53 Å². The van der Waals surface area contributed by atoms with Crippen LogP contribution in [0, 0.1) is 0 Å². The molecule has 140 valence electrons. The van der Waals surface area contributed by atoms with E-state index in [0.29, 0.717) is 12.1 Å². The monoisotopic (exact) mass is 356 g/mol. The number of carbonyl (C=O) groups is 1. The highest BCUT2D eigenvalue weighted by atomic mass is 16.5. The van der Waals surface area contributed by atoms with Crippen LogP contribution in [0.25, 0.3) is 0 Å². The molecular weight excluding hydrogens is 328 g/mol. The van der Waals surface area contributed by atoms with E-state index in [1.54, 1.807) is 13.3 Å². The topological polar surface area (TPSA) is 59.4 Å². The van der Waals surface area contributed by atoms with Crippen molar-refractivity contribution in [3.05, 3.63) is 48.2 Å². The number of nitrogens with one attached hydrogen (secondary N) is 1. The predicted molar refractivity (Wildman–Crippen MR) is 102 cm³/mol. The van der Waals surface area contributed by atoms with Gasteiger partial charge in [0.05, 0.1) is 12.2 Å². The van der Waals surface area contributed by atoms with E-state index in [2.05, 4.69) is 29.2 Å². The molecule has 1 N–H and O–H groups in total. The van der Waals surface area contributed by atoms with Crippen LogP contribution in [0.2, 0.25) is 0 Å². The summed E-state index contributed by atoms with van der Waals surface area (Å²) in [6.07, 6.45) is 3.18. The smallest absolute Gasteiger partial charge is 0.259 e. The summed E-state index contributed by atoms with van der Waals surface area (Å²) in [6.45, 7) is 6.57. The quantitative estimate of drug-likeness (QED) is 0.863. The molecule has 2 heterocycles. The van der Waals surface area contributed by atoms with Crippen LogP contribution >= 0.6 is 0 Å². The first-order chi connectivity index (χ1) is 12.6. The molecule has 1 atom stereocenters. The van der Waals surface area contributed by atoms with Crippen LogP contribution in [0.3, 0.4) is 0 Å². The Balaban J connectivity index is 1.68. The van der Waals surface area contributed by atoms with Gasteiger partial charge in [0.25, 0.3) is 5.91 Å². The zero-order valence-corrected chi connectivity index (χ0v) is 15.8. The Bertz CT molecular complexity index is 706. The van der Waals surface area contributed by atoms with Gasteiger partial charge in [0.1, 0.15) is 5.82 Å². The van der Waals surface area contributed by atoms with Gasteiger partial charge in [-0.1, -0.05) is 30.3 Å². The van der Waals surface area contributed by atoms with Crippen LogP contribution in [0.15, 0.2) is 42.6 Å². The zero-order chi connectivity index (χ0) is 18.5. The number of amides is 1. The second-order valence-electron chi connectivity index (χ2n) is 7.04. The lowest BCUT2D eigenvalue weighted by Gasteiger charge is -2.35. The van der Waals surface area contributed by atoms with Gasteiger partial charge in [-0.05, 0) is 32.3 Å². The Hall–Kier alpha value is -2.18. The zero-order valence-electron chi connectivity index (χ0n) is 15.8. The number of nitrogens with zero attached hydrogens (tertiary/aromatic N) is 3. The normalized spacial score (nSPS) is 17.4. The molecule has 0 spiro atoms. The van der Waals surface area contributed by atoms with Crippen LogP contribution in [0.5, 0.6) is 0 Å². The minimum atomic E-state index is -0.637.